The molecule has 4 heteroatoms. The molecule has 3 rings (SSSR count). The van der Waals surface area contributed by atoms with E-state index in [1.54, 1.807) is 6.08 Å². The highest BCUT2D eigenvalue weighted by Gasteiger charge is 2.27. The quantitative estimate of drug-likeness (QED) is 0.573. The second kappa shape index (κ2) is 5.52. The molecule has 1 aliphatic heterocycles. The first-order valence-electron chi connectivity index (χ1n) is 6.56. The van der Waals surface area contributed by atoms with Gasteiger partial charge in [0.05, 0.1) is 5.56 Å². The second-order valence-corrected chi connectivity index (χ2v) is 6.31. The zero-order valence-corrected chi connectivity index (χ0v) is 13.9. The van der Waals surface area contributed by atoms with Gasteiger partial charge in [0, 0.05) is 23.4 Å². The van der Waals surface area contributed by atoms with E-state index in [1.165, 1.54) is 0 Å². The summed E-state index contributed by atoms with van der Waals surface area (Å²) in [4.78, 5) is 14.4. The van der Waals surface area contributed by atoms with Crippen molar-refractivity contribution < 1.29 is 9.53 Å². The van der Waals surface area contributed by atoms with Crippen LogP contribution in [-0.2, 0) is 0 Å². The Labute approximate surface area is 137 Å². The van der Waals surface area contributed by atoms with E-state index < -0.39 is 0 Å². The number of Topliss-reactive ketones (excluding diaryl/α,β-unsaturated/α-hetero) is 1. The lowest BCUT2D eigenvalue weighted by Crippen LogP contribution is -2.08. The molecule has 0 N–H and O–H groups in total. The van der Waals surface area contributed by atoms with Crippen LogP contribution in [0.25, 0.3) is 6.08 Å². The number of nitrogens with zero attached hydrogens (tertiary/aromatic N) is 1. The number of benzene rings is 2. The van der Waals surface area contributed by atoms with Crippen molar-refractivity contribution in [2.24, 2.45) is 0 Å². The molecule has 106 valence electrons. The summed E-state index contributed by atoms with van der Waals surface area (Å²) in [6.45, 7) is 0. The highest BCUT2D eigenvalue weighted by atomic mass is 127. The molecule has 0 aliphatic carbocycles. The topological polar surface area (TPSA) is 29.5 Å². The van der Waals surface area contributed by atoms with Crippen LogP contribution in [0.15, 0.2) is 48.2 Å². The zero-order chi connectivity index (χ0) is 15.0. The van der Waals surface area contributed by atoms with Gasteiger partial charge in [0.25, 0.3) is 0 Å². The molecule has 0 amide bonds. The van der Waals surface area contributed by atoms with Crippen molar-refractivity contribution in [3.63, 3.8) is 0 Å². The fraction of sp³-hybridized carbons (Fsp3) is 0.118. The fourth-order valence-corrected chi connectivity index (χ4v) is 2.67. The Morgan fingerprint density at radius 3 is 2.48 bits per heavy atom. The summed E-state index contributed by atoms with van der Waals surface area (Å²) < 4.78 is 6.68. The zero-order valence-electron chi connectivity index (χ0n) is 11.8. The largest absolute Gasteiger partial charge is 0.452 e. The van der Waals surface area contributed by atoms with Crippen molar-refractivity contribution in [2.45, 2.75) is 0 Å². The average molecular weight is 391 g/mol. The van der Waals surface area contributed by atoms with Gasteiger partial charge < -0.3 is 9.64 Å². The first-order valence-corrected chi connectivity index (χ1v) is 7.63. The molecule has 0 saturated heterocycles. The van der Waals surface area contributed by atoms with Crippen LogP contribution >= 0.6 is 22.6 Å². The van der Waals surface area contributed by atoms with Crippen molar-refractivity contribution >= 4 is 40.1 Å². The van der Waals surface area contributed by atoms with E-state index in [2.05, 4.69) is 22.6 Å². The molecule has 3 nitrogen and oxygen atoms in total. The van der Waals surface area contributed by atoms with Crippen LogP contribution in [-0.4, -0.2) is 19.9 Å². The minimum atomic E-state index is -0.0554. The summed E-state index contributed by atoms with van der Waals surface area (Å²) in [5.41, 5.74) is 2.71. The number of allylic oxidation sites excluding steroid dienone is 1. The maximum atomic E-state index is 12.3. The van der Waals surface area contributed by atoms with Gasteiger partial charge in [0.15, 0.2) is 5.76 Å². The Hall–Kier alpha value is -1.82. The van der Waals surface area contributed by atoms with Crippen molar-refractivity contribution in [1.82, 2.24) is 0 Å². The third-order valence-corrected chi connectivity index (χ3v) is 4.01. The number of rotatable bonds is 2. The summed E-state index contributed by atoms with van der Waals surface area (Å²) in [5, 5.41) is 0. The number of hydrogen-bond donors (Lipinski definition) is 0. The first-order chi connectivity index (χ1) is 10.0. The number of ketones is 1. The molecule has 0 spiro atoms. The third-order valence-electron chi connectivity index (χ3n) is 3.34. The van der Waals surface area contributed by atoms with Gasteiger partial charge >= 0.3 is 0 Å². The van der Waals surface area contributed by atoms with E-state index in [0.29, 0.717) is 17.1 Å². The number of fused-ring (bicyclic) bond motifs is 1. The molecule has 1 heterocycles. The number of carbonyl (C=O) groups is 1. The number of anilines is 1. The van der Waals surface area contributed by atoms with Gasteiger partial charge in [-0.1, -0.05) is 12.1 Å². The Morgan fingerprint density at radius 1 is 1.10 bits per heavy atom. The molecule has 0 radical (unpaired) electrons. The predicted octanol–water partition coefficient (Wildman–Crippen LogP) is 3.97. The van der Waals surface area contributed by atoms with Crippen LogP contribution in [0, 0.1) is 3.57 Å². The van der Waals surface area contributed by atoms with E-state index in [1.807, 2.05) is 61.5 Å². The molecule has 0 saturated carbocycles. The monoisotopic (exact) mass is 391 g/mol. The molecular weight excluding hydrogens is 377 g/mol. The SMILES string of the molecule is CN(C)c1ccc(/C=C2/Oc3ccc(I)cc3C2=O)cc1. The minimum Gasteiger partial charge on any atom is -0.452 e. The fourth-order valence-electron chi connectivity index (χ4n) is 2.18. The van der Waals surface area contributed by atoms with Gasteiger partial charge in [-0.05, 0) is 64.6 Å². The molecule has 0 aromatic heterocycles. The number of halogens is 1. The standard InChI is InChI=1S/C17H14INO2/c1-19(2)13-6-3-11(4-7-13)9-16-17(20)14-10-12(18)5-8-15(14)21-16/h3-10H,1-2H3/b16-9+. The number of hydrogen-bond acceptors (Lipinski definition) is 3. The Bertz CT molecular complexity index is 733. The summed E-state index contributed by atoms with van der Waals surface area (Å²) in [6.07, 6.45) is 1.79. The van der Waals surface area contributed by atoms with Crippen LogP contribution in [0.3, 0.4) is 0 Å². The Morgan fingerprint density at radius 2 is 1.81 bits per heavy atom. The van der Waals surface area contributed by atoms with Gasteiger partial charge in [0.1, 0.15) is 5.75 Å². The van der Waals surface area contributed by atoms with Gasteiger partial charge in [-0.2, -0.15) is 0 Å². The number of carbonyl (C=O) groups excluding carboxylic acids is 1. The second-order valence-electron chi connectivity index (χ2n) is 5.07. The van der Waals surface area contributed by atoms with Crippen LogP contribution in [0.2, 0.25) is 0 Å². The molecule has 0 fully saturated rings. The smallest absolute Gasteiger partial charge is 0.232 e. The lowest BCUT2D eigenvalue weighted by atomic mass is 10.1. The molecule has 0 unspecified atom stereocenters. The third kappa shape index (κ3) is 2.81. The molecule has 0 bridgehead atoms. The van der Waals surface area contributed by atoms with E-state index in [-0.39, 0.29) is 5.78 Å². The molecule has 2 aromatic rings. The normalized spacial score (nSPS) is 15.0. The van der Waals surface area contributed by atoms with Crippen molar-refractivity contribution in [3.8, 4) is 5.75 Å². The maximum absolute atomic E-state index is 12.3. The van der Waals surface area contributed by atoms with Crippen LogP contribution in [0.4, 0.5) is 5.69 Å². The van der Waals surface area contributed by atoms with E-state index >= 15 is 0 Å². The highest BCUT2D eigenvalue weighted by molar-refractivity contribution is 14.1. The summed E-state index contributed by atoms with van der Waals surface area (Å²) in [5.74, 6) is 0.960. The average Bonchev–Trinajstić information content (AvgIpc) is 2.76. The van der Waals surface area contributed by atoms with E-state index in [4.69, 9.17) is 4.74 Å². The maximum Gasteiger partial charge on any atom is 0.232 e. The Kier molecular flexibility index (Phi) is 3.71. The van der Waals surface area contributed by atoms with Crippen LogP contribution in [0.1, 0.15) is 15.9 Å². The van der Waals surface area contributed by atoms with E-state index in [0.717, 1.165) is 14.8 Å². The number of ether oxygens (including phenoxy) is 1. The van der Waals surface area contributed by atoms with Crippen molar-refractivity contribution in [1.29, 1.82) is 0 Å². The van der Waals surface area contributed by atoms with E-state index in [9.17, 15) is 4.79 Å². The lowest BCUT2D eigenvalue weighted by molar-refractivity contribution is 0.101. The Balaban J connectivity index is 1.90. The lowest BCUT2D eigenvalue weighted by Gasteiger charge is -2.11. The molecular formula is C17H14INO2. The van der Waals surface area contributed by atoms with Gasteiger partial charge in [-0.25, -0.2) is 0 Å². The molecule has 1 aliphatic rings. The summed E-state index contributed by atoms with van der Waals surface area (Å²) in [7, 11) is 3.99. The first kappa shape index (κ1) is 14.1. The van der Waals surface area contributed by atoms with Crippen molar-refractivity contribution in [2.75, 3.05) is 19.0 Å². The molecule has 2 aromatic carbocycles. The van der Waals surface area contributed by atoms with Gasteiger partial charge in [-0.15, -0.1) is 0 Å². The molecule has 0 atom stereocenters. The van der Waals surface area contributed by atoms with Gasteiger partial charge in [0.2, 0.25) is 5.78 Å². The van der Waals surface area contributed by atoms with Crippen LogP contribution in [0.5, 0.6) is 5.75 Å². The summed E-state index contributed by atoms with van der Waals surface area (Å²) in [6, 6.07) is 13.6. The van der Waals surface area contributed by atoms with Crippen molar-refractivity contribution in [3.05, 3.63) is 62.9 Å². The van der Waals surface area contributed by atoms with Crippen LogP contribution < -0.4 is 9.64 Å². The highest BCUT2D eigenvalue weighted by Crippen LogP contribution is 2.32. The minimum absolute atomic E-state index is 0.0554. The van der Waals surface area contributed by atoms with Gasteiger partial charge in [-0.3, -0.25) is 4.79 Å². The molecule has 21 heavy (non-hydrogen) atoms. The summed E-state index contributed by atoms with van der Waals surface area (Å²) >= 11 is 2.19. The predicted molar refractivity (Wildman–Crippen MR) is 92.9 cm³/mol.